The van der Waals surface area contributed by atoms with Crippen LogP contribution in [-0.4, -0.2) is 16.9 Å². The summed E-state index contributed by atoms with van der Waals surface area (Å²) in [6, 6.07) is 3.48. The third-order valence-corrected chi connectivity index (χ3v) is 2.95. The summed E-state index contributed by atoms with van der Waals surface area (Å²) < 4.78 is 0. The van der Waals surface area contributed by atoms with Crippen molar-refractivity contribution < 1.29 is 9.59 Å². The van der Waals surface area contributed by atoms with E-state index in [4.69, 9.17) is 12.2 Å². The Bertz CT molecular complexity index is 430. The predicted octanol–water partition coefficient (Wildman–Crippen LogP) is 1.43. The lowest BCUT2D eigenvalue weighted by Crippen LogP contribution is -2.48. The third-order valence-electron chi connectivity index (χ3n) is 1.88. The van der Waals surface area contributed by atoms with E-state index in [1.807, 2.05) is 13.8 Å². The van der Waals surface area contributed by atoms with Crippen LogP contribution < -0.4 is 16.2 Å². The molecular formula is C11H15N3O2S2. The highest BCUT2D eigenvalue weighted by molar-refractivity contribution is 7.80. The van der Waals surface area contributed by atoms with Crippen molar-refractivity contribution >= 4 is 40.5 Å². The van der Waals surface area contributed by atoms with Gasteiger partial charge in [-0.15, -0.1) is 11.3 Å². The zero-order chi connectivity index (χ0) is 13.5. The molecule has 0 aromatic carbocycles. The van der Waals surface area contributed by atoms with Gasteiger partial charge >= 0.3 is 0 Å². The number of hydrogen-bond acceptors (Lipinski definition) is 4. The quantitative estimate of drug-likeness (QED) is 0.580. The van der Waals surface area contributed by atoms with Gasteiger partial charge in [0, 0.05) is 6.42 Å². The van der Waals surface area contributed by atoms with Gasteiger partial charge in [-0.1, -0.05) is 19.9 Å². The number of carbonyl (C=O) groups is 2. The molecule has 18 heavy (non-hydrogen) atoms. The van der Waals surface area contributed by atoms with Gasteiger partial charge in [-0.05, 0) is 29.6 Å². The highest BCUT2D eigenvalue weighted by Crippen LogP contribution is 2.06. The van der Waals surface area contributed by atoms with Crippen molar-refractivity contribution in [3.63, 3.8) is 0 Å². The van der Waals surface area contributed by atoms with E-state index in [2.05, 4.69) is 16.2 Å². The number of hydrogen-bond donors (Lipinski definition) is 3. The molecule has 5 nitrogen and oxygen atoms in total. The summed E-state index contributed by atoms with van der Waals surface area (Å²) in [5.41, 5.74) is 4.89. The van der Waals surface area contributed by atoms with Crippen LogP contribution in [0, 0.1) is 5.92 Å². The van der Waals surface area contributed by atoms with Gasteiger partial charge in [0.05, 0.1) is 4.88 Å². The van der Waals surface area contributed by atoms with Gasteiger partial charge in [-0.2, -0.15) is 0 Å². The van der Waals surface area contributed by atoms with Crippen LogP contribution in [0.4, 0.5) is 0 Å². The lowest BCUT2D eigenvalue weighted by Gasteiger charge is -2.10. The van der Waals surface area contributed by atoms with E-state index in [0.717, 1.165) is 0 Å². The number of thiophene rings is 1. The summed E-state index contributed by atoms with van der Waals surface area (Å²) in [5.74, 6) is -0.202. The van der Waals surface area contributed by atoms with E-state index >= 15 is 0 Å². The second-order valence-electron chi connectivity index (χ2n) is 4.03. The van der Waals surface area contributed by atoms with Crippen LogP contribution in [-0.2, 0) is 4.79 Å². The predicted molar refractivity (Wildman–Crippen MR) is 75.1 cm³/mol. The monoisotopic (exact) mass is 285 g/mol. The minimum absolute atomic E-state index is 0.0885. The van der Waals surface area contributed by atoms with E-state index in [1.54, 1.807) is 17.5 Å². The fourth-order valence-electron chi connectivity index (χ4n) is 1.16. The highest BCUT2D eigenvalue weighted by atomic mass is 32.1. The Hall–Kier alpha value is -1.47. The van der Waals surface area contributed by atoms with E-state index in [0.29, 0.717) is 11.3 Å². The molecule has 7 heteroatoms. The van der Waals surface area contributed by atoms with Gasteiger partial charge in [0.2, 0.25) is 5.91 Å². The van der Waals surface area contributed by atoms with E-state index < -0.39 is 0 Å². The van der Waals surface area contributed by atoms with Crippen LogP contribution in [0.1, 0.15) is 29.9 Å². The third kappa shape index (κ3) is 5.24. The average Bonchev–Trinajstić information content (AvgIpc) is 2.77. The van der Waals surface area contributed by atoms with Gasteiger partial charge < -0.3 is 5.32 Å². The van der Waals surface area contributed by atoms with Crippen molar-refractivity contribution in [1.29, 1.82) is 0 Å². The summed E-state index contributed by atoms with van der Waals surface area (Å²) in [5, 5.41) is 4.37. The second-order valence-corrected chi connectivity index (χ2v) is 5.39. The molecule has 0 fully saturated rings. The van der Waals surface area contributed by atoms with Gasteiger partial charge in [0.25, 0.3) is 5.91 Å². The molecule has 0 radical (unpaired) electrons. The fourth-order valence-corrected chi connectivity index (χ4v) is 1.95. The van der Waals surface area contributed by atoms with Crippen LogP contribution in [0.5, 0.6) is 0 Å². The molecule has 1 rings (SSSR count). The van der Waals surface area contributed by atoms with Crippen LogP contribution >= 0.6 is 23.6 Å². The molecule has 0 spiro atoms. The van der Waals surface area contributed by atoms with Gasteiger partial charge in [0.1, 0.15) is 0 Å². The first-order chi connectivity index (χ1) is 8.49. The molecule has 0 aliphatic carbocycles. The molecule has 3 N–H and O–H groups in total. The number of rotatable bonds is 3. The molecule has 0 aliphatic heterocycles. The summed E-state index contributed by atoms with van der Waals surface area (Å²) >= 11 is 6.20. The first kappa shape index (κ1) is 14.6. The van der Waals surface area contributed by atoms with E-state index in [9.17, 15) is 9.59 Å². The Kier molecular flexibility index (Phi) is 5.73. The van der Waals surface area contributed by atoms with Crippen molar-refractivity contribution in [3.05, 3.63) is 22.4 Å². The summed E-state index contributed by atoms with van der Waals surface area (Å²) in [6.45, 7) is 3.88. The maximum absolute atomic E-state index is 11.5. The van der Waals surface area contributed by atoms with Gasteiger partial charge in [0.15, 0.2) is 5.11 Å². The zero-order valence-corrected chi connectivity index (χ0v) is 11.8. The average molecular weight is 285 g/mol. The smallest absolute Gasteiger partial charge is 0.279 e. The topological polar surface area (TPSA) is 70.2 Å². The number of nitrogens with one attached hydrogen (secondary N) is 3. The first-order valence-corrected chi connectivity index (χ1v) is 6.71. The molecular weight excluding hydrogens is 270 g/mol. The van der Waals surface area contributed by atoms with Crippen molar-refractivity contribution in [2.75, 3.05) is 0 Å². The summed E-state index contributed by atoms with van der Waals surface area (Å²) in [4.78, 5) is 23.5. The molecule has 0 unspecified atom stereocenters. The normalized spacial score (nSPS) is 9.94. The molecule has 1 aromatic heterocycles. The first-order valence-electron chi connectivity index (χ1n) is 5.42. The molecule has 1 aromatic rings. The maximum Gasteiger partial charge on any atom is 0.279 e. The van der Waals surface area contributed by atoms with Crippen LogP contribution in [0.3, 0.4) is 0 Å². The highest BCUT2D eigenvalue weighted by Gasteiger charge is 2.09. The van der Waals surface area contributed by atoms with Gasteiger partial charge in [-0.3, -0.25) is 20.4 Å². The Morgan fingerprint density at radius 3 is 2.67 bits per heavy atom. The molecule has 1 heterocycles. The zero-order valence-electron chi connectivity index (χ0n) is 10.1. The van der Waals surface area contributed by atoms with E-state index in [-0.39, 0.29) is 22.8 Å². The van der Waals surface area contributed by atoms with Crippen LogP contribution in [0.2, 0.25) is 0 Å². The second kappa shape index (κ2) is 7.07. The Balaban J connectivity index is 2.29. The maximum atomic E-state index is 11.5. The molecule has 98 valence electrons. The van der Waals surface area contributed by atoms with E-state index in [1.165, 1.54) is 11.3 Å². The minimum atomic E-state index is -0.287. The number of thiocarbonyl (C=S) groups is 1. The molecule has 0 bridgehead atoms. The van der Waals surface area contributed by atoms with Gasteiger partial charge in [-0.25, -0.2) is 0 Å². The lowest BCUT2D eigenvalue weighted by molar-refractivity contribution is -0.120. The minimum Gasteiger partial charge on any atom is -0.302 e. The Morgan fingerprint density at radius 2 is 2.11 bits per heavy atom. The van der Waals surface area contributed by atoms with Crippen molar-refractivity contribution in [3.8, 4) is 0 Å². The molecule has 0 aliphatic rings. The number of carbonyl (C=O) groups excluding carboxylic acids is 2. The van der Waals surface area contributed by atoms with Crippen molar-refractivity contribution in [2.45, 2.75) is 20.3 Å². The molecule has 0 saturated heterocycles. The number of hydrazine groups is 1. The summed E-state index contributed by atoms with van der Waals surface area (Å²) in [6.07, 6.45) is 0.390. The van der Waals surface area contributed by atoms with Crippen LogP contribution in [0.25, 0.3) is 0 Å². The molecule has 0 atom stereocenters. The summed E-state index contributed by atoms with van der Waals surface area (Å²) in [7, 11) is 0. The largest absolute Gasteiger partial charge is 0.302 e. The molecule has 0 saturated carbocycles. The van der Waals surface area contributed by atoms with Crippen molar-refractivity contribution in [2.24, 2.45) is 5.92 Å². The fraction of sp³-hybridized carbons (Fsp3) is 0.364. The Morgan fingerprint density at radius 1 is 1.39 bits per heavy atom. The standard InChI is InChI=1S/C11H15N3O2S2/c1-7(2)6-9(15)12-11(17)14-13-10(16)8-4-3-5-18-8/h3-5,7H,6H2,1-2H3,(H,13,16)(H2,12,14,15,17). The number of amides is 2. The molecule has 2 amide bonds. The Labute approximate surface area is 115 Å². The lowest BCUT2D eigenvalue weighted by atomic mass is 10.1. The van der Waals surface area contributed by atoms with Crippen LogP contribution in [0.15, 0.2) is 17.5 Å². The van der Waals surface area contributed by atoms with Crippen molar-refractivity contribution in [1.82, 2.24) is 16.2 Å². The SMILES string of the molecule is CC(C)CC(=O)NC(=S)NNC(=O)c1cccs1.